The highest BCUT2D eigenvalue weighted by Gasteiger charge is 2.19. The average Bonchev–Trinajstić information content (AvgIpc) is 3.45. The second kappa shape index (κ2) is 68.4. The predicted molar refractivity (Wildman–Crippen MR) is 344 cm³/mol. The van der Waals surface area contributed by atoms with Gasteiger partial charge in [0, 0.05) is 19.3 Å². The lowest BCUT2D eigenvalue weighted by Crippen LogP contribution is -2.30. The maximum Gasteiger partial charge on any atom is 0.306 e. The third kappa shape index (κ3) is 66.6. The van der Waals surface area contributed by atoms with E-state index in [2.05, 4.69) is 45.1 Å². The monoisotopic (exact) mass is 1110 g/mol. The zero-order chi connectivity index (χ0) is 57.1. The first-order valence-corrected chi connectivity index (χ1v) is 35.8. The van der Waals surface area contributed by atoms with E-state index in [1.807, 2.05) is 0 Å². The minimum Gasteiger partial charge on any atom is -0.462 e. The molecular formula is C73H138O6. The predicted octanol–water partition coefficient (Wildman–Crippen LogP) is 24.6. The minimum atomic E-state index is -0.775. The molecule has 0 aromatic carbocycles. The molecule has 0 aliphatic heterocycles. The molecule has 0 N–H and O–H groups in total. The third-order valence-corrected chi connectivity index (χ3v) is 16.5. The van der Waals surface area contributed by atoms with E-state index in [9.17, 15) is 14.4 Å². The number of esters is 3. The summed E-state index contributed by atoms with van der Waals surface area (Å²) in [6, 6.07) is 0. The molecule has 79 heavy (non-hydrogen) atoms. The molecule has 0 bridgehead atoms. The molecule has 0 fully saturated rings. The van der Waals surface area contributed by atoms with Crippen LogP contribution in [0.2, 0.25) is 0 Å². The van der Waals surface area contributed by atoms with Gasteiger partial charge >= 0.3 is 17.9 Å². The second-order valence-corrected chi connectivity index (χ2v) is 24.5. The topological polar surface area (TPSA) is 78.9 Å². The van der Waals surface area contributed by atoms with Gasteiger partial charge in [-0.25, -0.2) is 0 Å². The summed E-state index contributed by atoms with van der Waals surface area (Å²) in [7, 11) is 0. The van der Waals surface area contributed by atoms with Crippen LogP contribution < -0.4 is 0 Å². The van der Waals surface area contributed by atoms with Crippen LogP contribution in [0.4, 0.5) is 0 Å². The standard InChI is InChI=1S/C73H138O6/c1-4-7-10-13-16-19-22-25-28-30-31-32-33-34-35-36-37-38-39-40-41-42-43-44-46-48-51-54-57-60-63-66-72(75)78-69-70(68-77-71(74)65-62-59-56-53-50-47-27-24-21-18-15-12-9-6-3)79-73(76)67-64-61-58-55-52-49-45-29-26-23-20-17-14-11-8-5-2/h20,23,29,45,70H,4-19,21-22,24-28,30-44,46-69H2,1-3H3/b23-20-,45-29-. The van der Waals surface area contributed by atoms with Crippen molar-refractivity contribution in [1.29, 1.82) is 0 Å². The third-order valence-electron chi connectivity index (χ3n) is 16.5. The molecule has 0 aliphatic rings. The van der Waals surface area contributed by atoms with Gasteiger partial charge in [-0.05, 0) is 51.4 Å². The van der Waals surface area contributed by atoms with Gasteiger partial charge in [0.05, 0.1) is 0 Å². The molecule has 1 unspecified atom stereocenters. The van der Waals surface area contributed by atoms with E-state index in [0.717, 1.165) is 77.0 Å². The normalized spacial score (nSPS) is 12.1. The summed E-state index contributed by atoms with van der Waals surface area (Å²) in [5.74, 6) is -0.854. The molecule has 0 aromatic heterocycles. The van der Waals surface area contributed by atoms with Crippen molar-refractivity contribution in [3.05, 3.63) is 24.3 Å². The van der Waals surface area contributed by atoms with Crippen LogP contribution in [0.3, 0.4) is 0 Å². The fourth-order valence-electron chi connectivity index (χ4n) is 11.1. The van der Waals surface area contributed by atoms with E-state index in [4.69, 9.17) is 14.2 Å². The van der Waals surface area contributed by atoms with Crippen molar-refractivity contribution in [1.82, 2.24) is 0 Å². The first kappa shape index (κ1) is 76.9. The Morgan fingerprint density at radius 2 is 0.456 bits per heavy atom. The van der Waals surface area contributed by atoms with Crippen LogP contribution in [0, 0.1) is 0 Å². The zero-order valence-corrected chi connectivity index (χ0v) is 53.7. The number of carbonyl (C=O) groups excluding carboxylic acids is 3. The van der Waals surface area contributed by atoms with Crippen LogP contribution >= 0.6 is 0 Å². The quantitative estimate of drug-likeness (QED) is 0.0261. The fraction of sp³-hybridized carbons (Fsp3) is 0.904. The van der Waals surface area contributed by atoms with E-state index in [1.54, 1.807) is 0 Å². The summed E-state index contributed by atoms with van der Waals surface area (Å²) in [4.78, 5) is 38.4. The largest absolute Gasteiger partial charge is 0.462 e. The van der Waals surface area contributed by atoms with Gasteiger partial charge in [0.15, 0.2) is 6.10 Å². The molecule has 0 amide bonds. The summed E-state index contributed by atoms with van der Waals surface area (Å²) in [6.07, 6.45) is 83.7. The summed E-state index contributed by atoms with van der Waals surface area (Å²) < 4.78 is 17.0. The molecule has 0 radical (unpaired) electrons. The van der Waals surface area contributed by atoms with Gasteiger partial charge in [0.1, 0.15) is 13.2 Å². The first-order chi connectivity index (χ1) is 39.0. The summed E-state index contributed by atoms with van der Waals surface area (Å²) in [5.41, 5.74) is 0. The smallest absolute Gasteiger partial charge is 0.306 e. The Morgan fingerprint density at radius 1 is 0.253 bits per heavy atom. The van der Waals surface area contributed by atoms with Crippen LogP contribution in [0.15, 0.2) is 24.3 Å². The van der Waals surface area contributed by atoms with Crippen molar-refractivity contribution in [2.45, 2.75) is 412 Å². The molecule has 0 saturated heterocycles. The highest BCUT2D eigenvalue weighted by atomic mass is 16.6. The van der Waals surface area contributed by atoms with Crippen molar-refractivity contribution in [2.24, 2.45) is 0 Å². The number of carbonyl (C=O) groups is 3. The van der Waals surface area contributed by atoms with Gasteiger partial charge in [-0.15, -0.1) is 0 Å². The van der Waals surface area contributed by atoms with Crippen LogP contribution in [0.1, 0.15) is 406 Å². The maximum atomic E-state index is 12.9. The Labute approximate surface area is 493 Å². The fourth-order valence-corrected chi connectivity index (χ4v) is 11.1. The second-order valence-electron chi connectivity index (χ2n) is 24.5. The van der Waals surface area contributed by atoms with Gasteiger partial charge in [0.2, 0.25) is 0 Å². The Balaban J connectivity index is 4.13. The Kier molecular flexibility index (Phi) is 66.6. The summed E-state index contributed by atoms with van der Waals surface area (Å²) >= 11 is 0. The Morgan fingerprint density at radius 3 is 0.709 bits per heavy atom. The number of ether oxygens (including phenoxy) is 3. The molecule has 0 spiro atoms. The lowest BCUT2D eigenvalue weighted by Gasteiger charge is -2.18. The molecular weight excluding hydrogens is 973 g/mol. The Bertz CT molecular complexity index is 1270. The lowest BCUT2D eigenvalue weighted by molar-refractivity contribution is -0.167. The van der Waals surface area contributed by atoms with Crippen LogP contribution in [0.25, 0.3) is 0 Å². The molecule has 466 valence electrons. The van der Waals surface area contributed by atoms with E-state index < -0.39 is 6.10 Å². The minimum absolute atomic E-state index is 0.0708. The van der Waals surface area contributed by atoms with Crippen LogP contribution in [-0.2, 0) is 28.6 Å². The molecule has 6 nitrogen and oxygen atoms in total. The van der Waals surface area contributed by atoms with Crippen LogP contribution in [0.5, 0.6) is 0 Å². The van der Waals surface area contributed by atoms with Crippen molar-refractivity contribution in [3.8, 4) is 0 Å². The number of hydrogen-bond donors (Lipinski definition) is 0. The lowest BCUT2D eigenvalue weighted by atomic mass is 10.0. The number of hydrogen-bond acceptors (Lipinski definition) is 6. The first-order valence-electron chi connectivity index (χ1n) is 35.8. The van der Waals surface area contributed by atoms with Crippen molar-refractivity contribution >= 4 is 17.9 Å². The van der Waals surface area contributed by atoms with Crippen molar-refractivity contribution in [3.63, 3.8) is 0 Å². The molecule has 6 heteroatoms. The van der Waals surface area contributed by atoms with E-state index in [0.29, 0.717) is 19.3 Å². The molecule has 0 heterocycles. The highest BCUT2D eigenvalue weighted by Crippen LogP contribution is 2.19. The van der Waals surface area contributed by atoms with Gasteiger partial charge < -0.3 is 14.2 Å². The maximum absolute atomic E-state index is 12.9. The SMILES string of the molecule is CCCCCC/C=C\C/C=C\CCCCCCCC(=O)OC(COC(=O)CCCCCCCCCCCCCCCC)COC(=O)CCCCCCCCCCCCCCCCCCCCCCCCCCCCCCCCC. The molecule has 0 aliphatic carbocycles. The number of allylic oxidation sites excluding steroid dienone is 4. The van der Waals surface area contributed by atoms with E-state index in [1.165, 1.54) is 289 Å². The van der Waals surface area contributed by atoms with Crippen molar-refractivity contribution < 1.29 is 28.6 Å². The van der Waals surface area contributed by atoms with Gasteiger partial charge in [-0.1, -0.05) is 360 Å². The number of unbranched alkanes of at least 4 members (excludes halogenated alkanes) is 52. The summed E-state index contributed by atoms with van der Waals surface area (Å²) in [6.45, 7) is 6.69. The number of rotatable bonds is 67. The highest BCUT2D eigenvalue weighted by molar-refractivity contribution is 5.71. The Hall–Kier alpha value is -2.11. The molecule has 0 rings (SSSR count). The van der Waals surface area contributed by atoms with Gasteiger partial charge in [-0.2, -0.15) is 0 Å². The van der Waals surface area contributed by atoms with E-state index >= 15 is 0 Å². The van der Waals surface area contributed by atoms with Gasteiger partial charge in [-0.3, -0.25) is 14.4 Å². The molecule has 1 atom stereocenters. The average molecular weight is 1110 g/mol. The zero-order valence-electron chi connectivity index (χ0n) is 53.7. The summed E-state index contributed by atoms with van der Waals surface area (Å²) in [5, 5.41) is 0. The molecule has 0 aromatic rings. The molecule has 0 saturated carbocycles. The van der Waals surface area contributed by atoms with Crippen molar-refractivity contribution in [2.75, 3.05) is 13.2 Å². The van der Waals surface area contributed by atoms with Gasteiger partial charge in [0.25, 0.3) is 0 Å². The van der Waals surface area contributed by atoms with Crippen LogP contribution in [-0.4, -0.2) is 37.2 Å². The van der Waals surface area contributed by atoms with E-state index in [-0.39, 0.29) is 31.1 Å².